The molecule has 0 aromatic rings. The van der Waals surface area contributed by atoms with Gasteiger partial charge in [-0.25, -0.2) is 0 Å². The fourth-order valence-corrected chi connectivity index (χ4v) is 3.24. The molecule has 0 N–H and O–H groups in total. The summed E-state index contributed by atoms with van der Waals surface area (Å²) in [6.07, 6.45) is 4.05. The Morgan fingerprint density at radius 1 is 0.778 bits per heavy atom. The number of thiol groups is 2. The van der Waals surface area contributed by atoms with Crippen molar-refractivity contribution in [3.63, 3.8) is 0 Å². The van der Waals surface area contributed by atoms with Gasteiger partial charge >= 0.3 is 0 Å². The van der Waals surface area contributed by atoms with Crippen molar-refractivity contribution < 1.29 is 0 Å². The van der Waals surface area contributed by atoms with E-state index in [4.69, 9.17) is 0 Å². The van der Waals surface area contributed by atoms with Crippen LogP contribution in [0.3, 0.4) is 0 Å². The lowest BCUT2D eigenvalue weighted by Crippen LogP contribution is -2.17. The minimum atomic E-state index is 0.707. The summed E-state index contributed by atoms with van der Waals surface area (Å²) in [5.74, 6) is 1.81. The van der Waals surface area contributed by atoms with Crippen LogP contribution in [0.5, 0.6) is 0 Å². The lowest BCUT2D eigenvalue weighted by molar-refractivity contribution is 0.508. The Bertz CT molecular complexity index is 106. The molecule has 0 saturated heterocycles. The summed E-state index contributed by atoms with van der Waals surface area (Å²) in [5.41, 5.74) is 0. The molecule has 2 aliphatic carbocycles. The van der Waals surface area contributed by atoms with Crippen molar-refractivity contribution in [3.05, 3.63) is 0 Å². The molecule has 2 aliphatic rings. The Kier molecular flexibility index (Phi) is 1.49. The second-order valence-electron chi connectivity index (χ2n) is 3.36. The van der Waals surface area contributed by atoms with Crippen molar-refractivity contribution in [1.29, 1.82) is 0 Å². The van der Waals surface area contributed by atoms with Crippen LogP contribution in [0.2, 0.25) is 0 Å². The fraction of sp³-hybridized carbons (Fsp3) is 1.00. The van der Waals surface area contributed by atoms with Crippen LogP contribution in [0.4, 0.5) is 0 Å². The third kappa shape index (κ3) is 0.911. The van der Waals surface area contributed by atoms with E-state index in [-0.39, 0.29) is 0 Å². The molecule has 0 aliphatic heterocycles. The summed E-state index contributed by atoms with van der Waals surface area (Å²) in [6.45, 7) is 0. The van der Waals surface area contributed by atoms with Crippen molar-refractivity contribution in [2.24, 2.45) is 11.8 Å². The van der Waals surface area contributed by atoms with Crippen LogP contribution < -0.4 is 0 Å². The third-order valence-corrected chi connectivity index (χ3v) is 4.05. The smallest absolute Gasteiger partial charge is 0.00486 e. The molecule has 0 heterocycles. The van der Waals surface area contributed by atoms with Gasteiger partial charge in [-0.15, -0.1) is 0 Å². The molecule has 9 heavy (non-hydrogen) atoms. The number of rotatable bonds is 0. The van der Waals surface area contributed by atoms with E-state index in [0.29, 0.717) is 10.5 Å². The van der Waals surface area contributed by atoms with Gasteiger partial charge in [-0.2, -0.15) is 25.3 Å². The maximum absolute atomic E-state index is 4.50. The summed E-state index contributed by atoms with van der Waals surface area (Å²) < 4.78 is 0. The van der Waals surface area contributed by atoms with Gasteiger partial charge in [0.05, 0.1) is 0 Å². The molecule has 52 valence electrons. The minimum Gasteiger partial charge on any atom is -0.176 e. The van der Waals surface area contributed by atoms with Crippen LogP contribution in [0, 0.1) is 11.8 Å². The Balaban J connectivity index is 2.10. The van der Waals surface area contributed by atoms with E-state index in [1.165, 1.54) is 19.3 Å². The summed E-state index contributed by atoms with van der Waals surface area (Å²) in [4.78, 5) is 0. The lowest BCUT2D eigenvalue weighted by Gasteiger charge is -2.20. The second kappa shape index (κ2) is 2.09. The van der Waals surface area contributed by atoms with E-state index in [9.17, 15) is 0 Å². The molecule has 0 aromatic heterocycles. The second-order valence-corrected chi connectivity index (χ2v) is 4.69. The first kappa shape index (κ1) is 6.41. The molecule has 2 saturated carbocycles. The van der Waals surface area contributed by atoms with Gasteiger partial charge in [0.1, 0.15) is 0 Å². The number of fused-ring (bicyclic) bond motifs is 2. The Hall–Kier alpha value is 0.700. The van der Waals surface area contributed by atoms with Gasteiger partial charge in [0.2, 0.25) is 0 Å². The Morgan fingerprint density at radius 3 is 1.44 bits per heavy atom. The highest BCUT2D eigenvalue weighted by Crippen LogP contribution is 2.48. The molecule has 0 radical (unpaired) electrons. The van der Waals surface area contributed by atoms with Gasteiger partial charge in [0.25, 0.3) is 0 Å². The van der Waals surface area contributed by atoms with Crippen LogP contribution in [0.25, 0.3) is 0 Å². The van der Waals surface area contributed by atoms with Crippen LogP contribution >= 0.6 is 25.3 Å². The maximum Gasteiger partial charge on any atom is 0.00486 e. The topological polar surface area (TPSA) is 0 Å². The standard InChI is InChI=1S/C7H12S2/c8-6-2-4-1-5(6)3-7(4)9/h4-9H,1-3H2/t4-,5-,6-,7+/m1/s1. The van der Waals surface area contributed by atoms with E-state index >= 15 is 0 Å². The molecule has 0 amide bonds. The van der Waals surface area contributed by atoms with Gasteiger partial charge in [-0.3, -0.25) is 0 Å². The van der Waals surface area contributed by atoms with Crippen LogP contribution in [-0.4, -0.2) is 10.5 Å². The third-order valence-electron chi connectivity index (χ3n) is 2.78. The largest absolute Gasteiger partial charge is 0.176 e. The molecule has 0 spiro atoms. The van der Waals surface area contributed by atoms with Gasteiger partial charge in [-0.1, -0.05) is 0 Å². The van der Waals surface area contributed by atoms with Crippen molar-refractivity contribution >= 4 is 25.3 Å². The first-order valence-corrected chi connectivity index (χ1v) is 4.67. The van der Waals surface area contributed by atoms with Crippen LogP contribution in [0.15, 0.2) is 0 Å². The first-order chi connectivity index (χ1) is 4.27. The molecule has 0 aromatic carbocycles. The normalized spacial score (nSPS) is 56.7. The SMILES string of the molecule is S[C@@H]1C[C@H]2C[C@@H]1C[C@@H]2S. The van der Waals surface area contributed by atoms with E-state index in [0.717, 1.165) is 11.8 Å². The molecule has 2 fully saturated rings. The van der Waals surface area contributed by atoms with Crippen molar-refractivity contribution in [2.75, 3.05) is 0 Å². The average Bonchev–Trinajstić information content (AvgIpc) is 2.24. The fourth-order valence-electron chi connectivity index (χ4n) is 2.21. The molecule has 2 rings (SSSR count). The van der Waals surface area contributed by atoms with E-state index in [2.05, 4.69) is 25.3 Å². The molecular formula is C7H12S2. The predicted octanol–water partition coefficient (Wildman–Crippen LogP) is 2.01. The van der Waals surface area contributed by atoms with Crippen molar-refractivity contribution in [1.82, 2.24) is 0 Å². The van der Waals surface area contributed by atoms with Gasteiger partial charge < -0.3 is 0 Å². The summed E-state index contributed by atoms with van der Waals surface area (Å²) in [6, 6.07) is 0. The zero-order valence-electron chi connectivity index (χ0n) is 5.33. The van der Waals surface area contributed by atoms with E-state index in [1.807, 2.05) is 0 Å². The highest BCUT2D eigenvalue weighted by atomic mass is 32.1. The van der Waals surface area contributed by atoms with Crippen LogP contribution in [-0.2, 0) is 0 Å². The molecule has 2 heteroatoms. The van der Waals surface area contributed by atoms with Gasteiger partial charge in [0.15, 0.2) is 0 Å². The summed E-state index contributed by atoms with van der Waals surface area (Å²) in [7, 11) is 0. The molecule has 4 atom stereocenters. The lowest BCUT2D eigenvalue weighted by atomic mass is 10.00. The Morgan fingerprint density at radius 2 is 1.22 bits per heavy atom. The monoisotopic (exact) mass is 160 g/mol. The van der Waals surface area contributed by atoms with Crippen molar-refractivity contribution in [2.45, 2.75) is 29.8 Å². The van der Waals surface area contributed by atoms with E-state index in [1.54, 1.807) is 0 Å². The van der Waals surface area contributed by atoms with Crippen LogP contribution in [0.1, 0.15) is 19.3 Å². The quantitative estimate of drug-likeness (QED) is 0.498. The summed E-state index contributed by atoms with van der Waals surface area (Å²) in [5, 5.41) is 1.41. The predicted molar refractivity (Wildman–Crippen MR) is 46.4 cm³/mol. The highest BCUT2D eigenvalue weighted by molar-refractivity contribution is 7.81. The first-order valence-electron chi connectivity index (χ1n) is 3.63. The number of hydrogen-bond donors (Lipinski definition) is 2. The average molecular weight is 160 g/mol. The molecular weight excluding hydrogens is 148 g/mol. The Labute approximate surface area is 67.2 Å². The van der Waals surface area contributed by atoms with Gasteiger partial charge in [0, 0.05) is 10.5 Å². The maximum atomic E-state index is 4.50. The van der Waals surface area contributed by atoms with E-state index < -0.39 is 0 Å². The van der Waals surface area contributed by atoms with Gasteiger partial charge in [-0.05, 0) is 31.1 Å². The highest BCUT2D eigenvalue weighted by Gasteiger charge is 2.42. The minimum absolute atomic E-state index is 0.707. The van der Waals surface area contributed by atoms with Crippen molar-refractivity contribution in [3.8, 4) is 0 Å². The molecule has 2 bridgehead atoms. The number of hydrogen-bond acceptors (Lipinski definition) is 2. The zero-order chi connectivity index (χ0) is 6.43. The molecule has 0 unspecified atom stereocenters. The summed E-state index contributed by atoms with van der Waals surface area (Å²) >= 11 is 9.01. The zero-order valence-corrected chi connectivity index (χ0v) is 7.11. The molecule has 0 nitrogen and oxygen atoms in total.